The minimum atomic E-state index is 0.274. The number of hydrogen-bond acceptors (Lipinski definition) is 2. The van der Waals surface area contributed by atoms with Crippen molar-refractivity contribution in [1.82, 2.24) is 5.32 Å². The summed E-state index contributed by atoms with van der Waals surface area (Å²) in [6, 6.07) is 13.2. The third-order valence-corrected chi connectivity index (χ3v) is 3.32. The fourth-order valence-corrected chi connectivity index (χ4v) is 2.14. The smallest absolute Gasteiger partial charge is 0.120 e. The summed E-state index contributed by atoms with van der Waals surface area (Å²) in [4.78, 5) is 0. The largest absolute Gasteiger partial charge is 0.468 e. The van der Waals surface area contributed by atoms with E-state index in [1.54, 1.807) is 6.26 Å². The van der Waals surface area contributed by atoms with Gasteiger partial charge < -0.3 is 9.73 Å². The SMILES string of the molecule is CCC(N[C@@H](C)c1ccc(C)cc1)c1ccco1. The zero-order valence-electron chi connectivity index (χ0n) is 11.3. The molecule has 18 heavy (non-hydrogen) atoms. The van der Waals surface area contributed by atoms with Gasteiger partial charge >= 0.3 is 0 Å². The van der Waals surface area contributed by atoms with E-state index >= 15 is 0 Å². The summed E-state index contributed by atoms with van der Waals surface area (Å²) in [6.45, 7) is 6.47. The molecular formula is C16H21NO. The predicted octanol–water partition coefficient (Wildman–Crippen LogP) is 4.39. The van der Waals surface area contributed by atoms with Gasteiger partial charge in [-0.05, 0) is 38.0 Å². The molecule has 0 amide bonds. The van der Waals surface area contributed by atoms with Crippen LogP contribution in [0.1, 0.15) is 49.2 Å². The first-order valence-electron chi connectivity index (χ1n) is 6.56. The molecule has 96 valence electrons. The molecule has 0 bridgehead atoms. The van der Waals surface area contributed by atoms with Crippen molar-refractivity contribution in [1.29, 1.82) is 0 Å². The molecule has 1 aromatic heterocycles. The Labute approximate surface area is 109 Å². The van der Waals surface area contributed by atoms with Crippen molar-refractivity contribution in [2.24, 2.45) is 0 Å². The molecule has 0 aliphatic rings. The molecular weight excluding hydrogens is 222 g/mol. The van der Waals surface area contributed by atoms with E-state index in [-0.39, 0.29) is 6.04 Å². The van der Waals surface area contributed by atoms with Crippen LogP contribution in [0.15, 0.2) is 47.1 Å². The fourth-order valence-electron chi connectivity index (χ4n) is 2.14. The molecule has 0 radical (unpaired) electrons. The van der Waals surface area contributed by atoms with E-state index in [0.717, 1.165) is 12.2 Å². The molecule has 0 spiro atoms. The summed E-state index contributed by atoms with van der Waals surface area (Å²) < 4.78 is 5.48. The molecule has 1 N–H and O–H groups in total. The second-order valence-electron chi connectivity index (χ2n) is 4.78. The molecule has 1 heterocycles. The molecule has 0 saturated heterocycles. The van der Waals surface area contributed by atoms with Gasteiger partial charge in [-0.15, -0.1) is 0 Å². The lowest BCUT2D eigenvalue weighted by Crippen LogP contribution is -2.23. The highest BCUT2D eigenvalue weighted by Gasteiger charge is 2.15. The normalized spacial score (nSPS) is 14.4. The van der Waals surface area contributed by atoms with E-state index in [1.165, 1.54) is 11.1 Å². The summed E-state index contributed by atoms with van der Waals surface area (Å²) in [5, 5.41) is 3.61. The second-order valence-corrected chi connectivity index (χ2v) is 4.78. The summed E-state index contributed by atoms with van der Waals surface area (Å²) in [5.41, 5.74) is 2.61. The number of hydrogen-bond donors (Lipinski definition) is 1. The molecule has 0 aliphatic carbocycles. The zero-order chi connectivity index (χ0) is 13.0. The van der Waals surface area contributed by atoms with Crippen LogP contribution >= 0.6 is 0 Å². The average molecular weight is 243 g/mol. The van der Waals surface area contributed by atoms with Crippen LogP contribution in [0.5, 0.6) is 0 Å². The summed E-state index contributed by atoms with van der Waals surface area (Å²) >= 11 is 0. The fraction of sp³-hybridized carbons (Fsp3) is 0.375. The van der Waals surface area contributed by atoms with Gasteiger partial charge in [-0.3, -0.25) is 0 Å². The van der Waals surface area contributed by atoms with Gasteiger partial charge in [-0.1, -0.05) is 36.8 Å². The van der Waals surface area contributed by atoms with Gasteiger partial charge in [0, 0.05) is 6.04 Å². The van der Waals surface area contributed by atoms with Crippen molar-refractivity contribution in [2.75, 3.05) is 0 Å². The average Bonchev–Trinajstić information content (AvgIpc) is 2.90. The van der Waals surface area contributed by atoms with E-state index in [4.69, 9.17) is 4.42 Å². The maximum atomic E-state index is 5.48. The van der Waals surface area contributed by atoms with Crippen molar-refractivity contribution >= 4 is 0 Å². The number of aryl methyl sites for hydroxylation is 1. The lowest BCUT2D eigenvalue weighted by Gasteiger charge is -2.21. The van der Waals surface area contributed by atoms with E-state index in [2.05, 4.69) is 50.4 Å². The molecule has 2 atom stereocenters. The van der Waals surface area contributed by atoms with Gasteiger partial charge in [0.1, 0.15) is 5.76 Å². The van der Waals surface area contributed by atoms with Crippen molar-refractivity contribution in [2.45, 2.75) is 39.3 Å². The van der Waals surface area contributed by atoms with Crippen LogP contribution in [0.4, 0.5) is 0 Å². The minimum absolute atomic E-state index is 0.274. The van der Waals surface area contributed by atoms with E-state index in [0.29, 0.717) is 6.04 Å². The van der Waals surface area contributed by atoms with Gasteiger partial charge in [-0.2, -0.15) is 0 Å². The highest BCUT2D eigenvalue weighted by molar-refractivity contribution is 5.24. The molecule has 2 rings (SSSR count). The predicted molar refractivity (Wildman–Crippen MR) is 74.5 cm³/mol. The monoisotopic (exact) mass is 243 g/mol. The molecule has 1 aromatic carbocycles. The van der Waals surface area contributed by atoms with Crippen molar-refractivity contribution < 1.29 is 4.42 Å². The van der Waals surface area contributed by atoms with E-state index in [1.807, 2.05) is 12.1 Å². The Morgan fingerprint density at radius 2 is 1.89 bits per heavy atom. The lowest BCUT2D eigenvalue weighted by molar-refractivity contribution is 0.376. The minimum Gasteiger partial charge on any atom is -0.468 e. The Kier molecular flexibility index (Phi) is 4.21. The van der Waals surface area contributed by atoms with Gasteiger partial charge in [0.15, 0.2) is 0 Å². The first kappa shape index (κ1) is 12.9. The number of benzene rings is 1. The van der Waals surface area contributed by atoms with Crippen molar-refractivity contribution in [3.63, 3.8) is 0 Å². The third kappa shape index (κ3) is 3.02. The maximum Gasteiger partial charge on any atom is 0.120 e. The number of rotatable bonds is 5. The molecule has 0 fully saturated rings. The molecule has 2 aromatic rings. The summed E-state index contributed by atoms with van der Waals surface area (Å²) in [5.74, 6) is 1.01. The molecule has 2 heteroatoms. The van der Waals surface area contributed by atoms with Crippen LogP contribution in [0.2, 0.25) is 0 Å². The van der Waals surface area contributed by atoms with Gasteiger partial charge in [-0.25, -0.2) is 0 Å². The Morgan fingerprint density at radius 3 is 2.44 bits per heavy atom. The van der Waals surface area contributed by atoms with E-state index < -0.39 is 0 Å². The number of nitrogens with one attached hydrogen (secondary N) is 1. The van der Waals surface area contributed by atoms with Crippen molar-refractivity contribution in [3.8, 4) is 0 Å². The lowest BCUT2D eigenvalue weighted by atomic mass is 10.0. The first-order chi connectivity index (χ1) is 8.70. The Bertz CT molecular complexity index is 458. The zero-order valence-corrected chi connectivity index (χ0v) is 11.3. The molecule has 2 nitrogen and oxygen atoms in total. The summed E-state index contributed by atoms with van der Waals surface area (Å²) in [7, 11) is 0. The van der Waals surface area contributed by atoms with Crippen LogP contribution in [-0.4, -0.2) is 0 Å². The van der Waals surface area contributed by atoms with Crippen LogP contribution in [-0.2, 0) is 0 Å². The van der Waals surface area contributed by atoms with Crippen LogP contribution in [0, 0.1) is 6.92 Å². The van der Waals surface area contributed by atoms with Crippen LogP contribution in [0.3, 0.4) is 0 Å². The number of furan rings is 1. The molecule has 0 aliphatic heterocycles. The quantitative estimate of drug-likeness (QED) is 0.842. The first-order valence-corrected chi connectivity index (χ1v) is 6.56. The second kappa shape index (κ2) is 5.87. The standard InChI is InChI=1S/C16H21NO/c1-4-15(16-6-5-11-18-16)17-13(3)14-9-7-12(2)8-10-14/h5-11,13,15,17H,4H2,1-3H3/t13-,15?/m0/s1. The van der Waals surface area contributed by atoms with Gasteiger partial charge in [0.2, 0.25) is 0 Å². The summed E-state index contributed by atoms with van der Waals surface area (Å²) in [6.07, 6.45) is 2.75. The Balaban J connectivity index is 2.05. The highest BCUT2D eigenvalue weighted by atomic mass is 16.3. The molecule has 1 unspecified atom stereocenters. The van der Waals surface area contributed by atoms with Crippen LogP contribution < -0.4 is 5.32 Å². The maximum absolute atomic E-state index is 5.48. The molecule has 0 saturated carbocycles. The van der Waals surface area contributed by atoms with Crippen molar-refractivity contribution in [3.05, 3.63) is 59.5 Å². The van der Waals surface area contributed by atoms with Crippen LogP contribution in [0.25, 0.3) is 0 Å². The topological polar surface area (TPSA) is 25.2 Å². The highest BCUT2D eigenvalue weighted by Crippen LogP contribution is 2.22. The van der Waals surface area contributed by atoms with E-state index in [9.17, 15) is 0 Å². The third-order valence-electron chi connectivity index (χ3n) is 3.32. The van der Waals surface area contributed by atoms with Gasteiger partial charge in [0.25, 0.3) is 0 Å². The Hall–Kier alpha value is -1.54. The Morgan fingerprint density at radius 1 is 1.17 bits per heavy atom. The van der Waals surface area contributed by atoms with Gasteiger partial charge in [0.05, 0.1) is 12.3 Å².